The van der Waals surface area contributed by atoms with Crippen LogP contribution >= 0.6 is 0 Å². The molecule has 186 valence electrons. The monoisotopic (exact) mass is 487 g/mol. The van der Waals surface area contributed by atoms with Gasteiger partial charge in [0.05, 0.1) is 23.9 Å². The van der Waals surface area contributed by atoms with Crippen LogP contribution in [0, 0.1) is 6.92 Å². The number of likely N-dealkylation sites (N-methyl/N-ethyl adjacent to an activating group) is 1. The molecule has 0 radical (unpaired) electrons. The van der Waals surface area contributed by atoms with Crippen molar-refractivity contribution in [1.29, 1.82) is 0 Å². The fourth-order valence-corrected chi connectivity index (χ4v) is 4.03. The largest absolute Gasteiger partial charge is 0.494 e. The molecule has 0 bridgehead atoms. The summed E-state index contributed by atoms with van der Waals surface area (Å²) in [5, 5.41) is 19.6. The zero-order valence-electron chi connectivity index (χ0n) is 20.7. The van der Waals surface area contributed by atoms with Crippen molar-refractivity contribution < 1.29 is 19.4 Å². The molecule has 0 saturated heterocycles. The Bertz CT molecular complexity index is 1450. The van der Waals surface area contributed by atoms with Crippen LogP contribution in [0.4, 0.5) is 21.9 Å². The Hall–Kier alpha value is -4.37. The van der Waals surface area contributed by atoms with E-state index in [2.05, 4.69) is 16.0 Å². The number of nitrogens with zero attached hydrogens (tertiary/aromatic N) is 2. The molecule has 0 aliphatic heterocycles. The van der Waals surface area contributed by atoms with E-state index in [0.29, 0.717) is 46.8 Å². The Kier molecular flexibility index (Phi) is 7.21. The zero-order chi connectivity index (χ0) is 25.8. The van der Waals surface area contributed by atoms with Crippen molar-refractivity contribution in [2.45, 2.75) is 6.92 Å². The molecule has 1 heterocycles. The second-order valence-corrected chi connectivity index (χ2v) is 8.69. The van der Waals surface area contributed by atoms with E-state index >= 15 is 0 Å². The van der Waals surface area contributed by atoms with E-state index in [1.807, 2.05) is 68.4 Å². The van der Waals surface area contributed by atoms with Gasteiger partial charge < -0.3 is 25.4 Å². The molecular formula is C27H29N5O4. The summed E-state index contributed by atoms with van der Waals surface area (Å²) in [5.41, 5.74) is 4.30. The molecule has 1 aromatic heterocycles. The van der Waals surface area contributed by atoms with Crippen molar-refractivity contribution in [2.75, 3.05) is 44.9 Å². The van der Waals surface area contributed by atoms with Gasteiger partial charge in [-0.15, -0.1) is 0 Å². The van der Waals surface area contributed by atoms with Crippen LogP contribution in [-0.4, -0.2) is 61.3 Å². The number of hydrogen-bond acceptors (Lipinski definition) is 6. The van der Waals surface area contributed by atoms with Crippen LogP contribution in [0.25, 0.3) is 21.8 Å². The predicted molar refractivity (Wildman–Crippen MR) is 143 cm³/mol. The number of ether oxygens (including phenoxy) is 1. The Morgan fingerprint density at radius 3 is 2.44 bits per heavy atom. The van der Waals surface area contributed by atoms with Crippen molar-refractivity contribution in [3.05, 3.63) is 65.7 Å². The maximum Gasteiger partial charge on any atom is 0.409 e. The van der Waals surface area contributed by atoms with Gasteiger partial charge in [0.15, 0.2) is 0 Å². The Labute approximate surface area is 209 Å². The van der Waals surface area contributed by atoms with Gasteiger partial charge >= 0.3 is 6.09 Å². The molecule has 2 amide bonds. The number of pyridine rings is 1. The number of methoxy groups -OCH3 is 1. The summed E-state index contributed by atoms with van der Waals surface area (Å²) >= 11 is 0. The number of rotatable bonds is 8. The van der Waals surface area contributed by atoms with Crippen molar-refractivity contribution in [2.24, 2.45) is 0 Å². The third kappa shape index (κ3) is 5.16. The van der Waals surface area contributed by atoms with Gasteiger partial charge in [-0.2, -0.15) is 0 Å². The number of carbonyl (C=O) groups is 2. The molecule has 9 nitrogen and oxygen atoms in total. The molecule has 0 saturated carbocycles. The van der Waals surface area contributed by atoms with Crippen molar-refractivity contribution >= 4 is 50.9 Å². The first kappa shape index (κ1) is 24.7. The second-order valence-electron chi connectivity index (χ2n) is 8.69. The molecule has 0 aliphatic carbocycles. The normalized spacial score (nSPS) is 11.0. The molecule has 4 rings (SSSR count). The highest BCUT2D eigenvalue weighted by Gasteiger charge is 2.18. The molecule has 0 unspecified atom stereocenters. The first-order chi connectivity index (χ1) is 17.3. The fraction of sp³-hybridized carbons (Fsp3) is 0.222. The Morgan fingerprint density at radius 1 is 1.03 bits per heavy atom. The van der Waals surface area contributed by atoms with Gasteiger partial charge in [-0.25, -0.2) is 9.78 Å². The SMILES string of the molecule is COc1cccc2c(Nc3ccc(C)c(NC(=O)O)c3)c3cccc(C(=O)NCCN(C)C)c3nc12. The average Bonchev–Trinajstić information content (AvgIpc) is 2.84. The molecule has 0 aliphatic rings. The number of aryl methyl sites for hydroxylation is 1. The minimum absolute atomic E-state index is 0.210. The van der Waals surface area contributed by atoms with E-state index in [9.17, 15) is 14.7 Å². The quantitative estimate of drug-likeness (QED) is 0.263. The van der Waals surface area contributed by atoms with Crippen LogP contribution in [0.15, 0.2) is 54.6 Å². The summed E-state index contributed by atoms with van der Waals surface area (Å²) in [4.78, 5) is 31.2. The van der Waals surface area contributed by atoms with Gasteiger partial charge in [-0.3, -0.25) is 10.1 Å². The van der Waals surface area contributed by atoms with Crippen LogP contribution in [0.2, 0.25) is 0 Å². The number of benzene rings is 3. The van der Waals surface area contributed by atoms with Gasteiger partial charge in [-0.1, -0.05) is 30.3 Å². The Balaban J connectivity index is 1.88. The summed E-state index contributed by atoms with van der Waals surface area (Å²) < 4.78 is 5.58. The highest BCUT2D eigenvalue weighted by Crippen LogP contribution is 2.38. The lowest BCUT2D eigenvalue weighted by Crippen LogP contribution is -2.31. The predicted octanol–water partition coefficient (Wildman–Crippen LogP) is 4.83. The number of carbonyl (C=O) groups excluding carboxylic acids is 1. The standard InChI is InChI=1S/C27H29N5O4/c1-16-11-12-17(15-21(16)30-27(34)35)29-23-18-7-5-9-20(26(33)28-13-14-32(2)3)24(18)31-25-19(23)8-6-10-22(25)36-4/h5-12,15,30H,13-14H2,1-4H3,(H,28,33)(H,29,31)(H,34,35). The lowest BCUT2D eigenvalue weighted by molar-refractivity contribution is 0.0952. The maximum absolute atomic E-state index is 13.1. The molecule has 4 N–H and O–H groups in total. The van der Waals surface area contributed by atoms with E-state index in [0.717, 1.165) is 22.0 Å². The highest BCUT2D eigenvalue weighted by atomic mass is 16.5. The molecule has 0 spiro atoms. The van der Waals surface area contributed by atoms with Crippen LogP contribution < -0.4 is 20.7 Å². The summed E-state index contributed by atoms with van der Waals surface area (Å²) in [6, 6.07) is 16.6. The van der Waals surface area contributed by atoms with E-state index in [-0.39, 0.29) is 5.91 Å². The van der Waals surface area contributed by atoms with Crippen molar-refractivity contribution in [1.82, 2.24) is 15.2 Å². The molecule has 4 aromatic rings. The number of para-hydroxylation sites is 2. The van der Waals surface area contributed by atoms with Crippen molar-refractivity contribution in [3.63, 3.8) is 0 Å². The fourth-order valence-electron chi connectivity index (χ4n) is 4.03. The number of hydrogen-bond donors (Lipinski definition) is 4. The number of nitrogens with one attached hydrogen (secondary N) is 3. The minimum atomic E-state index is -1.13. The number of amides is 2. The molecule has 0 atom stereocenters. The van der Waals surface area contributed by atoms with Gasteiger partial charge in [-0.05, 0) is 50.8 Å². The van der Waals surface area contributed by atoms with Gasteiger partial charge in [0.25, 0.3) is 5.91 Å². The lowest BCUT2D eigenvalue weighted by Gasteiger charge is -2.17. The summed E-state index contributed by atoms with van der Waals surface area (Å²) in [7, 11) is 5.48. The number of anilines is 3. The third-order valence-corrected chi connectivity index (χ3v) is 5.85. The molecule has 36 heavy (non-hydrogen) atoms. The van der Waals surface area contributed by atoms with Crippen LogP contribution in [0.3, 0.4) is 0 Å². The number of aromatic nitrogens is 1. The second kappa shape index (κ2) is 10.5. The minimum Gasteiger partial charge on any atom is -0.494 e. The van der Waals surface area contributed by atoms with Crippen LogP contribution in [0.1, 0.15) is 15.9 Å². The van der Waals surface area contributed by atoms with Crippen LogP contribution in [0.5, 0.6) is 5.75 Å². The van der Waals surface area contributed by atoms with Gasteiger partial charge in [0, 0.05) is 35.2 Å². The summed E-state index contributed by atoms with van der Waals surface area (Å²) in [6.45, 7) is 3.05. The zero-order valence-corrected chi connectivity index (χ0v) is 20.7. The average molecular weight is 488 g/mol. The molecule has 9 heteroatoms. The summed E-state index contributed by atoms with van der Waals surface area (Å²) in [6.07, 6.45) is -1.13. The molecule has 3 aromatic carbocycles. The maximum atomic E-state index is 13.1. The van der Waals surface area contributed by atoms with Crippen LogP contribution in [-0.2, 0) is 0 Å². The van der Waals surface area contributed by atoms with E-state index < -0.39 is 6.09 Å². The first-order valence-electron chi connectivity index (χ1n) is 11.5. The topological polar surface area (TPSA) is 116 Å². The third-order valence-electron chi connectivity index (χ3n) is 5.85. The lowest BCUT2D eigenvalue weighted by atomic mass is 10.0. The highest BCUT2D eigenvalue weighted by molar-refractivity contribution is 6.15. The Morgan fingerprint density at radius 2 is 1.75 bits per heavy atom. The van der Waals surface area contributed by atoms with Gasteiger partial charge in [0.2, 0.25) is 0 Å². The number of fused-ring (bicyclic) bond motifs is 2. The van der Waals surface area contributed by atoms with E-state index in [1.165, 1.54) is 0 Å². The molecular weight excluding hydrogens is 458 g/mol. The number of carboxylic acid groups (broad SMARTS) is 1. The van der Waals surface area contributed by atoms with E-state index in [1.54, 1.807) is 19.2 Å². The van der Waals surface area contributed by atoms with Gasteiger partial charge in [0.1, 0.15) is 11.3 Å². The molecule has 0 fully saturated rings. The summed E-state index contributed by atoms with van der Waals surface area (Å²) in [5.74, 6) is 0.371. The van der Waals surface area contributed by atoms with E-state index in [4.69, 9.17) is 9.72 Å². The van der Waals surface area contributed by atoms with Crippen molar-refractivity contribution in [3.8, 4) is 5.75 Å². The first-order valence-corrected chi connectivity index (χ1v) is 11.5. The smallest absolute Gasteiger partial charge is 0.409 e.